The van der Waals surface area contributed by atoms with Crippen LogP contribution in [0.25, 0.3) is 0 Å². The maximum Gasteiger partial charge on any atom is 0.123 e. The molecule has 5 heteroatoms. The number of benzene rings is 1. The molecule has 0 aliphatic carbocycles. The summed E-state index contributed by atoms with van der Waals surface area (Å²) in [6.07, 6.45) is 0. The molecule has 0 fully saturated rings. The average Bonchev–Trinajstić information content (AvgIpc) is 2.36. The van der Waals surface area contributed by atoms with Gasteiger partial charge in [0.15, 0.2) is 0 Å². The second kappa shape index (κ2) is 6.98. The van der Waals surface area contributed by atoms with Crippen LogP contribution in [0.15, 0.2) is 18.2 Å². The van der Waals surface area contributed by atoms with Crippen molar-refractivity contribution in [2.75, 3.05) is 34.4 Å². The van der Waals surface area contributed by atoms with E-state index in [1.807, 2.05) is 19.2 Å². The second-order valence-corrected chi connectivity index (χ2v) is 4.17. The topological polar surface area (TPSA) is 71.6 Å². The summed E-state index contributed by atoms with van der Waals surface area (Å²) in [7, 11) is 5.34. The van der Waals surface area contributed by atoms with Gasteiger partial charge in [-0.2, -0.15) is 0 Å². The Morgan fingerprint density at radius 1 is 1.39 bits per heavy atom. The first kappa shape index (κ1) is 14.5. The molecule has 0 atom stereocenters. The van der Waals surface area contributed by atoms with E-state index in [1.165, 1.54) is 0 Å². The lowest BCUT2D eigenvalue weighted by atomic mass is 10.1. The van der Waals surface area contributed by atoms with Gasteiger partial charge in [-0.1, -0.05) is 0 Å². The zero-order valence-corrected chi connectivity index (χ0v) is 11.2. The number of hydrogen-bond donors (Lipinski definition) is 2. The van der Waals surface area contributed by atoms with E-state index in [4.69, 9.17) is 20.6 Å². The lowest BCUT2D eigenvalue weighted by Crippen LogP contribution is -2.23. The van der Waals surface area contributed by atoms with Crippen molar-refractivity contribution in [2.24, 2.45) is 5.73 Å². The molecule has 0 spiro atoms. The fourth-order valence-corrected chi connectivity index (χ4v) is 1.69. The van der Waals surface area contributed by atoms with Crippen molar-refractivity contribution in [1.82, 2.24) is 4.90 Å². The molecule has 100 valence electrons. The van der Waals surface area contributed by atoms with Gasteiger partial charge in [-0.25, -0.2) is 0 Å². The molecule has 0 heterocycles. The Hall–Kier alpha value is -1.59. The van der Waals surface area contributed by atoms with Crippen LogP contribution < -0.4 is 10.5 Å². The van der Waals surface area contributed by atoms with Crippen LogP contribution >= 0.6 is 0 Å². The number of amidine groups is 1. The van der Waals surface area contributed by atoms with Crippen molar-refractivity contribution < 1.29 is 9.47 Å². The number of nitrogens with zero attached hydrogens (tertiary/aromatic N) is 1. The highest BCUT2D eigenvalue weighted by Crippen LogP contribution is 2.21. The molecule has 5 nitrogen and oxygen atoms in total. The van der Waals surface area contributed by atoms with Crippen LogP contribution in [0.1, 0.15) is 11.1 Å². The molecule has 3 N–H and O–H groups in total. The van der Waals surface area contributed by atoms with Crippen molar-refractivity contribution >= 4 is 5.84 Å². The van der Waals surface area contributed by atoms with E-state index in [0.29, 0.717) is 12.2 Å². The fourth-order valence-electron chi connectivity index (χ4n) is 1.69. The van der Waals surface area contributed by atoms with E-state index in [2.05, 4.69) is 4.90 Å². The SMILES string of the molecule is COCCN(C)Cc1cc(C(=N)N)ccc1OC. The first-order chi connectivity index (χ1) is 8.58. The molecule has 0 aromatic heterocycles. The molecule has 0 aliphatic heterocycles. The lowest BCUT2D eigenvalue weighted by Gasteiger charge is -2.18. The average molecular weight is 251 g/mol. The number of methoxy groups -OCH3 is 2. The van der Waals surface area contributed by atoms with Gasteiger partial charge >= 0.3 is 0 Å². The number of ether oxygens (including phenoxy) is 2. The first-order valence-electron chi connectivity index (χ1n) is 5.77. The van der Waals surface area contributed by atoms with Crippen LogP contribution in [-0.4, -0.2) is 45.2 Å². The quantitative estimate of drug-likeness (QED) is 0.561. The summed E-state index contributed by atoms with van der Waals surface area (Å²) in [5.74, 6) is 0.878. The van der Waals surface area contributed by atoms with Gasteiger partial charge in [0.1, 0.15) is 11.6 Å². The molecule has 1 aromatic rings. The zero-order chi connectivity index (χ0) is 13.5. The lowest BCUT2D eigenvalue weighted by molar-refractivity contribution is 0.158. The molecule has 18 heavy (non-hydrogen) atoms. The minimum atomic E-state index is 0.0680. The third-order valence-corrected chi connectivity index (χ3v) is 2.71. The summed E-state index contributed by atoms with van der Waals surface area (Å²) in [6.45, 7) is 2.25. The van der Waals surface area contributed by atoms with Crippen LogP contribution in [0.5, 0.6) is 5.75 Å². The van der Waals surface area contributed by atoms with E-state index in [-0.39, 0.29) is 5.84 Å². The molecule has 0 aliphatic rings. The molecular weight excluding hydrogens is 230 g/mol. The molecule has 1 rings (SSSR count). The molecular formula is C13H21N3O2. The van der Waals surface area contributed by atoms with Gasteiger partial charge in [0, 0.05) is 31.3 Å². The number of nitrogens with one attached hydrogen (secondary N) is 1. The molecule has 0 amide bonds. The summed E-state index contributed by atoms with van der Waals surface area (Å²) in [6, 6.07) is 5.53. The van der Waals surface area contributed by atoms with E-state index in [0.717, 1.165) is 24.4 Å². The smallest absolute Gasteiger partial charge is 0.123 e. The Morgan fingerprint density at radius 3 is 2.67 bits per heavy atom. The number of hydrogen-bond acceptors (Lipinski definition) is 4. The highest BCUT2D eigenvalue weighted by atomic mass is 16.5. The third-order valence-electron chi connectivity index (χ3n) is 2.71. The highest BCUT2D eigenvalue weighted by molar-refractivity contribution is 5.95. The summed E-state index contributed by atoms with van der Waals surface area (Å²) >= 11 is 0. The van der Waals surface area contributed by atoms with Crippen LogP contribution in [0.2, 0.25) is 0 Å². The van der Waals surface area contributed by atoms with Gasteiger partial charge in [-0.15, -0.1) is 0 Å². The largest absolute Gasteiger partial charge is 0.496 e. The summed E-state index contributed by atoms with van der Waals surface area (Å²) in [4.78, 5) is 2.13. The van der Waals surface area contributed by atoms with Gasteiger partial charge in [0.25, 0.3) is 0 Å². The summed E-state index contributed by atoms with van der Waals surface area (Å²) < 4.78 is 10.4. The molecule has 0 bridgehead atoms. The molecule has 0 unspecified atom stereocenters. The number of nitrogens with two attached hydrogens (primary N) is 1. The first-order valence-corrected chi connectivity index (χ1v) is 5.77. The van der Waals surface area contributed by atoms with Crippen molar-refractivity contribution in [3.8, 4) is 5.75 Å². The Labute approximate surface area is 108 Å². The van der Waals surface area contributed by atoms with Crippen molar-refractivity contribution in [3.63, 3.8) is 0 Å². The summed E-state index contributed by atoms with van der Waals surface area (Å²) in [5, 5.41) is 7.46. The van der Waals surface area contributed by atoms with Crippen LogP contribution in [0.4, 0.5) is 0 Å². The Morgan fingerprint density at radius 2 is 2.11 bits per heavy atom. The van der Waals surface area contributed by atoms with Gasteiger partial charge in [0.2, 0.25) is 0 Å². The predicted molar refractivity (Wildman–Crippen MR) is 72.2 cm³/mol. The van der Waals surface area contributed by atoms with Gasteiger partial charge in [-0.05, 0) is 25.2 Å². The van der Waals surface area contributed by atoms with Crippen LogP contribution in [-0.2, 0) is 11.3 Å². The molecule has 0 saturated heterocycles. The van der Waals surface area contributed by atoms with Gasteiger partial charge in [-0.3, -0.25) is 10.3 Å². The van der Waals surface area contributed by atoms with Crippen molar-refractivity contribution in [2.45, 2.75) is 6.54 Å². The Balaban J connectivity index is 2.84. The van der Waals surface area contributed by atoms with E-state index >= 15 is 0 Å². The minimum absolute atomic E-state index is 0.0680. The number of likely N-dealkylation sites (N-methyl/N-ethyl adjacent to an activating group) is 1. The monoisotopic (exact) mass is 251 g/mol. The zero-order valence-electron chi connectivity index (χ0n) is 11.2. The van der Waals surface area contributed by atoms with Crippen LogP contribution in [0, 0.1) is 5.41 Å². The normalized spacial score (nSPS) is 10.7. The summed E-state index contributed by atoms with van der Waals surface area (Å²) in [5.41, 5.74) is 7.23. The second-order valence-electron chi connectivity index (χ2n) is 4.17. The van der Waals surface area contributed by atoms with Gasteiger partial charge < -0.3 is 15.2 Å². The fraction of sp³-hybridized carbons (Fsp3) is 0.462. The van der Waals surface area contributed by atoms with Crippen LogP contribution in [0.3, 0.4) is 0 Å². The van der Waals surface area contributed by atoms with Crippen molar-refractivity contribution in [1.29, 1.82) is 5.41 Å². The molecule has 0 radical (unpaired) electrons. The van der Waals surface area contributed by atoms with Gasteiger partial charge in [0.05, 0.1) is 13.7 Å². The Kier molecular flexibility index (Phi) is 5.61. The molecule has 0 saturated carbocycles. The number of nitrogen functional groups attached to an aromatic ring is 1. The van der Waals surface area contributed by atoms with E-state index < -0.39 is 0 Å². The minimum Gasteiger partial charge on any atom is -0.496 e. The van der Waals surface area contributed by atoms with E-state index in [1.54, 1.807) is 20.3 Å². The predicted octanol–water partition coefficient (Wildman–Crippen LogP) is 1.06. The third kappa shape index (κ3) is 4.01. The highest BCUT2D eigenvalue weighted by Gasteiger charge is 2.08. The maximum absolute atomic E-state index is 7.46. The standard InChI is InChI=1S/C13H21N3O2/c1-16(6-7-17-2)9-11-8-10(13(14)15)4-5-12(11)18-3/h4-5,8H,6-7,9H2,1-3H3,(H3,14,15). The number of rotatable bonds is 7. The Bertz CT molecular complexity index is 407. The van der Waals surface area contributed by atoms with Crippen molar-refractivity contribution in [3.05, 3.63) is 29.3 Å². The van der Waals surface area contributed by atoms with E-state index in [9.17, 15) is 0 Å². The molecule has 1 aromatic carbocycles. The maximum atomic E-state index is 7.46.